The topological polar surface area (TPSA) is 95.1 Å². The van der Waals surface area contributed by atoms with Gasteiger partial charge in [0.05, 0.1) is 0 Å². The molecule has 153 valence electrons. The molecular formula is C18H41MoNO4P. The molecular weight excluding hydrogens is 421 g/mol. The molecule has 0 aromatic heterocycles. The van der Waals surface area contributed by atoms with Gasteiger partial charge in [0.1, 0.15) is 0 Å². The van der Waals surface area contributed by atoms with Crippen molar-refractivity contribution in [3.8, 4) is 0 Å². The largest absolute Gasteiger partial charge is 0.369 e. The van der Waals surface area contributed by atoms with Crippen molar-refractivity contribution in [3.05, 3.63) is 0 Å². The van der Waals surface area contributed by atoms with Crippen LogP contribution >= 0.6 is 7.82 Å². The third kappa shape index (κ3) is 22.7. The maximum absolute atomic E-state index is 10.9. The van der Waals surface area contributed by atoms with E-state index in [9.17, 15) is 9.46 Å². The van der Waals surface area contributed by atoms with Crippen LogP contribution in [0.5, 0.6) is 0 Å². The van der Waals surface area contributed by atoms with Crippen LogP contribution < -0.4 is 11.0 Å². The SMILES string of the molecule is CCCCCCCCCCCCCCCCCCOP(=O)([O-])[O][Mo].[NH4+]. The second-order valence-electron chi connectivity index (χ2n) is 6.66. The number of phosphoric ester groups is 1. The number of hydrogen-bond acceptors (Lipinski definition) is 4. The molecule has 0 heterocycles. The fourth-order valence-electron chi connectivity index (χ4n) is 2.85. The smallest absolute Gasteiger partial charge is 0.369 e. The Morgan fingerprint density at radius 3 is 1.36 bits per heavy atom. The standard InChI is InChI=1S/C18H39O4P.Mo.H3N/c1-2-3-4-5-6-7-8-9-10-11-12-13-14-15-16-17-18-22-23(19,20)21;;/h2-18H2,1H3,(H2,19,20,21);;1H3/q;+1;/p-1. The zero-order valence-corrected chi connectivity index (χ0v) is 19.4. The van der Waals surface area contributed by atoms with Crippen molar-refractivity contribution in [3.63, 3.8) is 0 Å². The van der Waals surface area contributed by atoms with E-state index in [-0.39, 0.29) is 12.8 Å². The molecule has 0 aromatic rings. The number of hydrogen-bond donors (Lipinski definition) is 1. The van der Waals surface area contributed by atoms with Gasteiger partial charge in [0.2, 0.25) is 0 Å². The Morgan fingerprint density at radius 2 is 1.04 bits per heavy atom. The first-order valence-electron chi connectivity index (χ1n) is 9.89. The zero-order chi connectivity index (χ0) is 17.9. The van der Waals surface area contributed by atoms with Crippen LogP contribution in [-0.2, 0) is 32.5 Å². The Bertz CT molecular complexity index is 309. The van der Waals surface area contributed by atoms with Crippen molar-refractivity contribution in [2.45, 2.75) is 110 Å². The number of rotatable bonds is 19. The summed E-state index contributed by atoms with van der Waals surface area (Å²) >= 11 is 1.06. The summed E-state index contributed by atoms with van der Waals surface area (Å²) in [5.74, 6) is 0. The first-order valence-corrected chi connectivity index (χ1v) is 12.2. The fourth-order valence-corrected chi connectivity index (χ4v) is 3.56. The monoisotopic (exact) mass is 464 g/mol. The zero-order valence-electron chi connectivity index (χ0n) is 16.5. The summed E-state index contributed by atoms with van der Waals surface area (Å²) < 4.78 is 19.9. The molecule has 0 aromatic carbocycles. The van der Waals surface area contributed by atoms with Crippen LogP contribution in [0.3, 0.4) is 0 Å². The van der Waals surface area contributed by atoms with Crippen molar-refractivity contribution < 1.29 is 37.4 Å². The second kappa shape index (κ2) is 21.1. The number of phosphoric acid groups is 1. The van der Waals surface area contributed by atoms with Crippen molar-refractivity contribution in [1.29, 1.82) is 0 Å². The van der Waals surface area contributed by atoms with Gasteiger partial charge in [-0.2, -0.15) is 0 Å². The molecule has 1 atom stereocenters. The maximum Gasteiger partial charge on any atom is -0.369 e. The molecule has 0 fully saturated rings. The van der Waals surface area contributed by atoms with Gasteiger partial charge < -0.3 is 6.15 Å². The maximum atomic E-state index is 10.9. The van der Waals surface area contributed by atoms with Gasteiger partial charge in [0.15, 0.2) is 0 Å². The molecule has 25 heavy (non-hydrogen) atoms. The van der Waals surface area contributed by atoms with Gasteiger partial charge in [0.25, 0.3) is 0 Å². The first-order chi connectivity index (χ1) is 11.6. The van der Waals surface area contributed by atoms with Crippen molar-refractivity contribution >= 4 is 7.82 Å². The van der Waals surface area contributed by atoms with Crippen LogP contribution in [0.2, 0.25) is 0 Å². The minimum atomic E-state index is -4.01. The minimum absolute atomic E-state index is 0. The van der Waals surface area contributed by atoms with E-state index in [1.165, 1.54) is 83.5 Å². The van der Waals surface area contributed by atoms with Crippen molar-refractivity contribution in [2.75, 3.05) is 6.61 Å². The van der Waals surface area contributed by atoms with Gasteiger partial charge in [-0.15, -0.1) is 0 Å². The fraction of sp³-hybridized carbons (Fsp3) is 1.00. The molecule has 0 bridgehead atoms. The van der Waals surface area contributed by atoms with Crippen molar-refractivity contribution in [2.24, 2.45) is 0 Å². The Labute approximate surface area is 167 Å². The van der Waals surface area contributed by atoms with Crippen LogP contribution in [0.1, 0.15) is 110 Å². The predicted molar refractivity (Wildman–Crippen MR) is 100 cm³/mol. The number of quaternary nitrogens is 1. The molecule has 1 unspecified atom stereocenters. The van der Waals surface area contributed by atoms with Gasteiger partial charge in [-0.3, -0.25) is 0 Å². The normalized spacial score (nSPS) is 13.4. The molecule has 4 N–H and O–H groups in total. The van der Waals surface area contributed by atoms with Crippen LogP contribution in [0, 0.1) is 0 Å². The summed E-state index contributed by atoms with van der Waals surface area (Å²) in [4.78, 5) is 10.9. The summed E-state index contributed by atoms with van der Waals surface area (Å²) in [6, 6.07) is 0. The summed E-state index contributed by atoms with van der Waals surface area (Å²) in [5.41, 5.74) is 0. The summed E-state index contributed by atoms with van der Waals surface area (Å²) in [6.45, 7) is 2.51. The molecule has 0 spiro atoms. The van der Waals surface area contributed by atoms with E-state index in [1.807, 2.05) is 0 Å². The van der Waals surface area contributed by atoms with E-state index < -0.39 is 7.82 Å². The van der Waals surface area contributed by atoms with Crippen LogP contribution in [0.25, 0.3) is 0 Å². The molecule has 0 radical (unpaired) electrons. The summed E-state index contributed by atoms with van der Waals surface area (Å²) in [6.07, 6.45) is 20.9. The van der Waals surface area contributed by atoms with E-state index in [2.05, 4.69) is 14.6 Å². The Kier molecular flexibility index (Phi) is 23.6. The average Bonchev–Trinajstić information content (AvgIpc) is 2.57. The number of unbranched alkanes of at least 4 members (excludes halogenated alkanes) is 15. The van der Waals surface area contributed by atoms with Gasteiger partial charge in [-0.25, -0.2) is 0 Å². The van der Waals surface area contributed by atoms with E-state index in [1.54, 1.807) is 0 Å². The Morgan fingerprint density at radius 1 is 0.720 bits per heavy atom. The van der Waals surface area contributed by atoms with Gasteiger partial charge >= 0.3 is 103 Å². The molecule has 0 aliphatic heterocycles. The molecule has 0 aliphatic carbocycles. The van der Waals surface area contributed by atoms with Crippen LogP contribution in [-0.4, -0.2) is 6.61 Å². The molecule has 0 amide bonds. The molecule has 0 saturated carbocycles. The third-order valence-electron chi connectivity index (χ3n) is 4.34. The molecule has 0 aliphatic rings. The van der Waals surface area contributed by atoms with E-state index in [4.69, 9.17) is 0 Å². The van der Waals surface area contributed by atoms with Gasteiger partial charge in [0, 0.05) is 0 Å². The van der Waals surface area contributed by atoms with Gasteiger partial charge in [-0.05, 0) is 0 Å². The Hall–Kier alpha value is 0.758. The third-order valence-corrected chi connectivity index (χ3v) is 6.37. The molecule has 5 nitrogen and oxygen atoms in total. The van der Waals surface area contributed by atoms with E-state index in [0.29, 0.717) is 0 Å². The minimum Gasteiger partial charge on any atom is -0.369 e. The summed E-state index contributed by atoms with van der Waals surface area (Å²) in [7, 11) is -4.01. The molecule has 0 saturated heterocycles. The summed E-state index contributed by atoms with van der Waals surface area (Å²) in [5, 5.41) is 0. The van der Waals surface area contributed by atoms with Crippen LogP contribution in [0.15, 0.2) is 0 Å². The molecule has 0 rings (SSSR count). The van der Waals surface area contributed by atoms with E-state index in [0.717, 1.165) is 39.5 Å². The quantitative estimate of drug-likeness (QED) is 0.133. The average molecular weight is 462 g/mol. The Balaban J connectivity index is 0. The van der Waals surface area contributed by atoms with E-state index >= 15 is 0 Å². The first kappa shape index (κ1) is 28.0. The molecule has 7 heteroatoms. The predicted octanol–water partition coefficient (Wildman–Crippen LogP) is 6.59. The van der Waals surface area contributed by atoms with Gasteiger partial charge in [-0.1, -0.05) is 58.3 Å². The van der Waals surface area contributed by atoms with Crippen molar-refractivity contribution in [1.82, 2.24) is 6.15 Å². The van der Waals surface area contributed by atoms with Crippen LogP contribution in [0.4, 0.5) is 0 Å². The second-order valence-corrected chi connectivity index (χ2v) is 9.06.